The van der Waals surface area contributed by atoms with E-state index in [4.69, 9.17) is 0 Å². The standard InChI is InChI=1S/C26H26F2N4O6S2/c1-39(35,36)30-17-8-9-19-20(11-17)40(37,38)31-25(29-19)22-24(33)21-13-2-4-14(5-3-13)23(21)32(26(22)34)12-15-6-7-16(27)10-18(15)28/h6-11,13-14,21-23,30H,2-5,12H2,1H3,(H,29,31)/t13?,14?,21-,22?,23+/m1/s1. The van der Waals surface area contributed by atoms with Crippen molar-refractivity contribution in [2.75, 3.05) is 16.3 Å². The van der Waals surface area contributed by atoms with Crippen LogP contribution in [0.1, 0.15) is 31.2 Å². The number of carbonyl (C=O) groups excluding carboxylic acids is 2. The minimum atomic E-state index is -4.43. The molecule has 2 aliphatic heterocycles. The normalized spacial score (nSPS) is 28.8. The van der Waals surface area contributed by atoms with Gasteiger partial charge in [-0.2, -0.15) is 8.42 Å². The van der Waals surface area contributed by atoms with Gasteiger partial charge < -0.3 is 10.2 Å². The summed E-state index contributed by atoms with van der Waals surface area (Å²) in [6.45, 7) is -0.198. The summed E-state index contributed by atoms with van der Waals surface area (Å²) in [5, 5.41) is 2.82. The first-order chi connectivity index (χ1) is 18.8. The number of nitrogens with one attached hydrogen (secondary N) is 2. The molecule has 5 aliphatic rings. The van der Waals surface area contributed by atoms with Crippen LogP contribution in [0.4, 0.5) is 20.2 Å². The van der Waals surface area contributed by atoms with Crippen LogP contribution in [0, 0.1) is 35.3 Å². The summed E-state index contributed by atoms with van der Waals surface area (Å²) in [5.41, 5.74) is 0.127. The molecule has 3 atom stereocenters. The molecule has 2 N–H and O–H groups in total. The van der Waals surface area contributed by atoms with Crippen LogP contribution in [-0.2, 0) is 36.2 Å². The Morgan fingerprint density at radius 3 is 2.42 bits per heavy atom. The lowest BCUT2D eigenvalue weighted by Gasteiger charge is -2.55. The van der Waals surface area contributed by atoms with Gasteiger partial charge in [-0.3, -0.25) is 14.3 Å². The summed E-state index contributed by atoms with van der Waals surface area (Å²) >= 11 is 0. The van der Waals surface area contributed by atoms with Crippen molar-refractivity contribution in [1.29, 1.82) is 0 Å². The third-order valence-electron chi connectivity index (χ3n) is 8.35. The first kappa shape index (κ1) is 26.8. The largest absolute Gasteiger partial charge is 0.341 e. The van der Waals surface area contributed by atoms with Crippen LogP contribution in [0.25, 0.3) is 0 Å². The molecular formula is C26H26F2N4O6S2. The number of ketones is 1. The first-order valence-corrected chi connectivity index (χ1v) is 16.2. The molecule has 3 aliphatic carbocycles. The van der Waals surface area contributed by atoms with Crippen LogP contribution < -0.4 is 10.0 Å². The number of halogens is 2. The fourth-order valence-corrected chi connectivity index (χ4v) is 8.48. The lowest BCUT2D eigenvalue weighted by molar-refractivity contribution is -0.162. The van der Waals surface area contributed by atoms with Crippen LogP contribution in [0.15, 0.2) is 45.7 Å². The van der Waals surface area contributed by atoms with Crippen molar-refractivity contribution < 1.29 is 35.2 Å². The highest BCUT2D eigenvalue weighted by Crippen LogP contribution is 2.51. The predicted octanol–water partition coefficient (Wildman–Crippen LogP) is 2.88. The molecule has 4 fully saturated rings. The SMILES string of the molecule is CS(=O)(=O)Nc1ccc2c(c1)S(=O)(=O)N=C(C1C(=O)[C@@H]3C4CCC(CC4)[C@@H]3N(Cc3ccc(F)cc3F)C1=O)N2. The molecule has 0 spiro atoms. The highest BCUT2D eigenvalue weighted by molar-refractivity contribution is 7.92. The number of benzene rings is 2. The summed E-state index contributed by atoms with van der Waals surface area (Å²) in [5.74, 6) is -5.11. The average molecular weight is 593 g/mol. The van der Waals surface area contributed by atoms with E-state index in [1.807, 2.05) is 0 Å². The van der Waals surface area contributed by atoms with Gasteiger partial charge in [-0.25, -0.2) is 17.2 Å². The summed E-state index contributed by atoms with van der Waals surface area (Å²) in [4.78, 5) is 29.1. The van der Waals surface area contributed by atoms with E-state index in [1.54, 1.807) is 0 Å². The molecule has 1 saturated heterocycles. The smallest absolute Gasteiger partial charge is 0.286 e. The maximum absolute atomic E-state index is 14.7. The number of carbonyl (C=O) groups is 2. The van der Waals surface area contributed by atoms with E-state index in [-0.39, 0.29) is 46.0 Å². The molecule has 2 aromatic rings. The predicted molar refractivity (Wildman–Crippen MR) is 141 cm³/mol. The molecule has 2 aromatic carbocycles. The second-order valence-corrected chi connectivity index (χ2v) is 14.2. The van der Waals surface area contributed by atoms with Crippen LogP contribution in [0.2, 0.25) is 0 Å². The second kappa shape index (κ2) is 9.33. The van der Waals surface area contributed by atoms with E-state index >= 15 is 0 Å². The van der Waals surface area contributed by atoms with E-state index in [0.29, 0.717) is 0 Å². The lowest BCUT2D eigenvalue weighted by atomic mass is 9.57. The third kappa shape index (κ3) is 4.56. The zero-order valence-corrected chi connectivity index (χ0v) is 22.9. The highest BCUT2D eigenvalue weighted by atomic mass is 32.2. The van der Waals surface area contributed by atoms with Crippen molar-refractivity contribution in [2.24, 2.45) is 28.1 Å². The van der Waals surface area contributed by atoms with E-state index in [1.165, 1.54) is 23.1 Å². The van der Waals surface area contributed by atoms with E-state index < -0.39 is 61.2 Å². The summed E-state index contributed by atoms with van der Waals surface area (Å²) in [7, 11) is -8.11. The van der Waals surface area contributed by atoms with Gasteiger partial charge >= 0.3 is 0 Å². The Balaban J connectivity index is 1.39. The first-order valence-electron chi connectivity index (χ1n) is 12.8. The van der Waals surface area contributed by atoms with Crippen molar-refractivity contribution >= 4 is 48.9 Å². The molecule has 40 heavy (non-hydrogen) atoms. The van der Waals surface area contributed by atoms with Crippen molar-refractivity contribution in [3.63, 3.8) is 0 Å². The number of amidine groups is 1. The number of Topliss-reactive ketones (excluding diaryl/α,β-unsaturated/α-hetero) is 1. The number of sulfonamides is 2. The summed E-state index contributed by atoms with van der Waals surface area (Å²) in [6.07, 6.45) is 4.17. The fraction of sp³-hybridized carbons (Fsp3) is 0.423. The van der Waals surface area contributed by atoms with Crippen molar-refractivity contribution in [2.45, 2.75) is 43.2 Å². The Morgan fingerprint density at radius 1 is 1.05 bits per heavy atom. The monoisotopic (exact) mass is 592 g/mol. The van der Waals surface area contributed by atoms with Gasteiger partial charge in [0.05, 0.1) is 11.9 Å². The van der Waals surface area contributed by atoms with Gasteiger partial charge in [0.15, 0.2) is 11.7 Å². The maximum atomic E-state index is 14.7. The minimum Gasteiger partial charge on any atom is -0.341 e. The van der Waals surface area contributed by atoms with Crippen molar-refractivity contribution in [1.82, 2.24) is 4.90 Å². The molecule has 2 bridgehead atoms. The van der Waals surface area contributed by atoms with Gasteiger partial charge in [-0.1, -0.05) is 6.07 Å². The number of anilines is 2. The number of rotatable bonds is 5. The second-order valence-electron chi connectivity index (χ2n) is 10.9. The maximum Gasteiger partial charge on any atom is 0.286 e. The Hall–Kier alpha value is -3.39. The number of piperidine rings is 1. The molecule has 7 rings (SSSR count). The topological polar surface area (TPSA) is 142 Å². The van der Waals surface area contributed by atoms with Crippen LogP contribution in [-0.4, -0.2) is 51.6 Å². The molecule has 3 saturated carbocycles. The Bertz CT molecular complexity index is 1690. The van der Waals surface area contributed by atoms with Gasteiger partial charge in [-0.05, 0) is 61.8 Å². The van der Waals surface area contributed by atoms with E-state index in [2.05, 4.69) is 14.4 Å². The number of fused-ring (bicyclic) bond motifs is 3. The Labute approximate surface area is 230 Å². The number of nitrogens with zero attached hydrogens (tertiary/aromatic N) is 2. The molecule has 0 aromatic heterocycles. The molecule has 1 amide bonds. The Morgan fingerprint density at radius 2 is 1.75 bits per heavy atom. The number of hydrogen-bond donors (Lipinski definition) is 2. The average Bonchev–Trinajstić information content (AvgIpc) is 2.87. The van der Waals surface area contributed by atoms with Crippen molar-refractivity contribution in [3.8, 4) is 0 Å². The Kier molecular flexibility index (Phi) is 6.26. The summed E-state index contributed by atoms with van der Waals surface area (Å²) < 4.78 is 83.8. The molecule has 10 nitrogen and oxygen atoms in total. The lowest BCUT2D eigenvalue weighted by Crippen LogP contribution is -2.66. The van der Waals surface area contributed by atoms with E-state index in [0.717, 1.165) is 50.1 Å². The van der Waals surface area contributed by atoms with E-state index in [9.17, 15) is 35.2 Å². The fourth-order valence-electron chi connectivity index (χ4n) is 6.74. The highest BCUT2D eigenvalue weighted by Gasteiger charge is 2.58. The summed E-state index contributed by atoms with van der Waals surface area (Å²) in [6, 6.07) is 6.40. The number of amides is 1. The molecular weight excluding hydrogens is 566 g/mol. The molecule has 14 heteroatoms. The van der Waals surface area contributed by atoms with Gasteiger partial charge in [0.1, 0.15) is 22.4 Å². The zero-order valence-electron chi connectivity index (χ0n) is 21.3. The molecule has 2 heterocycles. The molecule has 1 unspecified atom stereocenters. The van der Waals surface area contributed by atoms with Gasteiger partial charge in [0.2, 0.25) is 15.9 Å². The van der Waals surface area contributed by atoms with Crippen LogP contribution in [0.3, 0.4) is 0 Å². The van der Waals surface area contributed by atoms with Crippen LogP contribution in [0.5, 0.6) is 0 Å². The third-order valence-corrected chi connectivity index (χ3v) is 10.3. The minimum absolute atomic E-state index is 0.00336. The van der Waals surface area contributed by atoms with Gasteiger partial charge in [-0.15, -0.1) is 4.40 Å². The van der Waals surface area contributed by atoms with Gasteiger partial charge in [0, 0.05) is 35.8 Å². The number of hydrogen-bond acceptors (Lipinski definition) is 7. The molecule has 212 valence electrons. The number of likely N-dealkylation sites (tertiary alicyclic amines) is 1. The van der Waals surface area contributed by atoms with Gasteiger partial charge in [0.25, 0.3) is 10.0 Å². The zero-order chi connectivity index (χ0) is 28.6. The van der Waals surface area contributed by atoms with Crippen LogP contribution >= 0.6 is 0 Å². The molecule has 0 radical (unpaired) electrons. The van der Waals surface area contributed by atoms with Crippen molar-refractivity contribution in [3.05, 3.63) is 53.6 Å². The quantitative estimate of drug-likeness (QED) is 0.509.